The highest BCUT2D eigenvalue weighted by Crippen LogP contribution is 2.08. The lowest BCUT2D eigenvalue weighted by Gasteiger charge is -2.09. The molecule has 11 heavy (non-hydrogen) atoms. The van der Waals surface area contributed by atoms with Gasteiger partial charge in [0, 0.05) is 17.9 Å². The lowest BCUT2D eigenvalue weighted by Crippen LogP contribution is -2.44. The Hall–Kier alpha value is -0.710. The molecule has 1 atom stereocenters. The number of hydrogen-bond acceptors (Lipinski definition) is 3. The lowest BCUT2D eigenvalue weighted by atomic mass is 10.3. The summed E-state index contributed by atoms with van der Waals surface area (Å²) in [7, 11) is 0. The van der Waals surface area contributed by atoms with Crippen LogP contribution in [-0.2, 0) is 9.59 Å². The number of amides is 2. The van der Waals surface area contributed by atoms with E-state index >= 15 is 0 Å². The van der Waals surface area contributed by atoms with E-state index in [1.54, 1.807) is 11.8 Å². The number of nitrogens with one attached hydrogen (secondary N) is 1. The standard InChI is InChI=1S/C6H10N2O2S/c7-6(10)4-3-11-2-1-5(9)8-4/h4H,1-3H2,(H2,7,10)(H,8,9). The van der Waals surface area contributed by atoms with Crippen LogP contribution in [0.15, 0.2) is 0 Å². The Kier molecular flexibility index (Phi) is 2.76. The summed E-state index contributed by atoms with van der Waals surface area (Å²) >= 11 is 1.57. The van der Waals surface area contributed by atoms with E-state index < -0.39 is 11.9 Å². The van der Waals surface area contributed by atoms with Crippen molar-refractivity contribution in [2.45, 2.75) is 12.5 Å². The van der Waals surface area contributed by atoms with Crippen LogP contribution in [0.1, 0.15) is 6.42 Å². The van der Waals surface area contributed by atoms with Crippen LogP contribution in [0.2, 0.25) is 0 Å². The molecule has 2 amide bonds. The first-order valence-corrected chi connectivity index (χ1v) is 4.52. The summed E-state index contributed by atoms with van der Waals surface area (Å²) in [5, 5.41) is 2.54. The maximum Gasteiger partial charge on any atom is 0.240 e. The molecule has 1 aliphatic rings. The summed E-state index contributed by atoms with van der Waals surface area (Å²) in [5.41, 5.74) is 5.03. The zero-order chi connectivity index (χ0) is 8.27. The van der Waals surface area contributed by atoms with Crippen LogP contribution < -0.4 is 11.1 Å². The van der Waals surface area contributed by atoms with Gasteiger partial charge in [0.25, 0.3) is 0 Å². The smallest absolute Gasteiger partial charge is 0.240 e. The number of carbonyl (C=O) groups is 2. The Morgan fingerprint density at radius 2 is 2.45 bits per heavy atom. The van der Waals surface area contributed by atoms with Crippen molar-refractivity contribution in [1.29, 1.82) is 0 Å². The minimum absolute atomic E-state index is 0.0844. The predicted octanol–water partition coefficient (Wildman–Crippen LogP) is -0.907. The molecular formula is C6H10N2O2S. The minimum atomic E-state index is -0.477. The zero-order valence-electron chi connectivity index (χ0n) is 6.00. The normalized spacial score (nSPS) is 25.5. The number of thioether (sulfide) groups is 1. The molecule has 1 unspecified atom stereocenters. The van der Waals surface area contributed by atoms with Crippen LogP contribution in [0.25, 0.3) is 0 Å². The summed E-state index contributed by atoms with van der Waals surface area (Å²) in [4.78, 5) is 21.5. The lowest BCUT2D eigenvalue weighted by molar-refractivity contribution is -0.126. The number of nitrogens with two attached hydrogens (primary N) is 1. The Balaban J connectivity index is 2.52. The Bertz CT molecular complexity index is 183. The molecule has 1 heterocycles. The molecule has 0 radical (unpaired) electrons. The first kappa shape index (κ1) is 8.39. The Morgan fingerprint density at radius 3 is 3.09 bits per heavy atom. The second-order valence-electron chi connectivity index (χ2n) is 2.35. The maximum atomic E-state index is 10.9. The van der Waals surface area contributed by atoms with E-state index in [-0.39, 0.29) is 5.91 Å². The summed E-state index contributed by atoms with van der Waals surface area (Å²) in [5.74, 6) is 0.836. The molecule has 0 aromatic rings. The fourth-order valence-electron chi connectivity index (χ4n) is 0.827. The topological polar surface area (TPSA) is 72.2 Å². The van der Waals surface area contributed by atoms with E-state index in [1.165, 1.54) is 0 Å². The fourth-order valence-corrected chi connectivity index (χ4v) is 1.81. The second-order valence-corrected chi connectivity index (χ2v) is 3.50. The van der Waals surface area contributed by atoms with Crippen LogP contribution in [0.4, 0.5) is 0 Å². The van der Waals surface area contributed by atoms with Gasteiger partial charge in [-0.1, -0.05) is 0 Å². The van der Waals surface area contributed by atoms with Crippen molar-refractivity contribution in [2.75, 3.05) is 11.5 Å². The Labute approximate surface area is 68.9 Å². The van der Waals surface area contributed by atoms with Gasteiger partial charge in [0.05, 0.1) is 0 Å². The van der Waals surface area contributed by atoms with Crippen molar-refractivity contribution in [2.24, 2.45) is 5.73 Å². The van der Waals surface area contributed by atoms with Crippen molar-refractivity contribution in [3.63, 3.8) is 0 Å². The Morgan fingerprint density at radius 1 is 1.73 bits per heavy atom. The largest absolute Gasteiger partial charge is 0.368 e. The van der Waals surface area contributed by atoms with E-state index in [0.717, 1.165) is 5.75 Å². The zero-order valence-corrected chi connectivity index (χ0v) is 6.82. The number of primary amides is 1. The van der Waals surface area contributed by atoms with Crippen molar-refractivity contribution >= 4 is 23.6 Å². The van der Waals surface area contributed by atoms with Gasteiger partial charge >= 0.3 is 0 Å². The van der Waals surface area contributed by atoms with Crippen LogP contribution in [0.5, 0.6) is 0 Å². The summed E-state index contributed by atoms with van der Waals surface area (Å²) in [6, 6.07) is -0.477. The maximum absolute atomic E-state index is 10.9. The van der Waals surface area contributed by atoms with Crippen LogP contribution in [-0.4, -0.2) is 29.4 Å². The molecule has 0 aromatic carbocycles. The van der Waals surface area contributed by atoms with Crippen molar-refractivity contribution in [3.05, 3.63) is 0 Å². The molecule has 0 saturated carbocycles. The molecule has 1 aliphatic heterocycles. The van der Waals surface area contributed by atoms with Crippen LogP contribution >= 0.6 is 11.8 Å². The van der Waals surface area contributed by atoms with E-state index in [2.05, 4.69) is 5.32 Å². The molecule has 0 spiro atoms. The highest BCUT2D eigenvalue weighted by molar-refractivity contribution is 7.99. The number of hydrogen-bond donors (Lipinski definition) is 2. The predicted molar refractivity (Wildman–Crippen MR) is 43.1 cm³/mol. The first-order chi connectivity index (χ1) is 5.20. The average Bonchev–Trinajstić information content (AvgIpc) is 2.13. The van der Waals surface area contributed by atoms with Gasteiger partial charge in [0.2, 0.25) is 11.8 Å². The highest BCUT2D eigenvalue weighted by atomic mass is 32.2. The molecule has 3 N–H and O–H groups in total. The van der Waals surface area contributed by atoms with Gasteiger partial charge in [-0.15, -0.1) is 0 Å². The summed E-state index contributed by atoms with van der Waals surface area (Å²) in [6.45, 7) is 0. The summed E-state index contributed by atoms with van der Waals surface area (Å²) < 4.78 is 0. The summed E-state index contributed by atoms with van der Waals surface area (Å²) in [6.07, 6.45) is 0.481. The second kappa shape index (κ2) is 3.61. The SMILES string of the molecule is NC(=O)C1CSCCC(=O)N1. The van der Waals surface area contributed by atoms with Gasteiger partial charge in [0.15, 0.2) is 0 Å². The van der Waals surface area contributed by atoms with Crippen molar-refractivity contribution in [3.8, 4) is 0 Å². The van der Waals surface area contributed by atoms with Gasteiger partial charge in [-0.3, -0.25) is 9.59 Å². The van der Waals surface area contributed by atoms with Gasteiger partial charge < -0.3 is 11.1 Å². The van der Waals surface area contributed by atoms with Gasteiger partial charge in [0.1, 0.15) is 6.04 Å². The molecule has 1 fully saturated rings. The third-order valence-electron chi connectivity index (χ3n) is 1.44. The van der Waals surface area contributed by atoms with E-state index in [4.69, 9.17) is 5.73 Å². The molecule has 62 valence electrons. The van der Waals surface area contributed by atoms with Crippen LogP contribution in [0, 0.1) is 0 Å². The molecule has 0 bridgehead atoms. The average molecular weight is 174 g/mol. The van der Waals surface area contributed by atoms with Crippen molar-refractivity contribution < 1.29 is 9.59 Å². The van der Waals surface area contributed by atoms with Gasteiger partial charge in [-0.2, -0.15) is 11.8 Å². The fraction of sp³-hybridized carbons (Fsp3) is 0.667. The molecular weight excluding hydrogens is 164 g/mol. The first-order valence-electron chi connectivity index (χ1n) is 3.36. The number of rotatable bonds is 1. The third kappa shape index (κ3) is 2.42. The molecule has 1 saturated heterocycles. The van der Waals surface area contributed by atoms with Gasteiger partial charge in [-0.05, 0) is 0 Å². The minimum Gasteiger partial charge on any atom is -0.368 e. The molecule has 0 aliphatic carbocycles. The highest BCUT2D eigenvalue weighted by Gasteiger charge is 2.20. The third-order valence-corrected chi connectivity index (χ3v) is 2.50. The van der Waals surface area contributed by atoms with E-state index in [1.807, 2.05) is 0 Å². The van der Waals surface area contributed by atoms with Gasteiger partial charge in [-0.25, -0.2) is 0 Å². The monoisotopic (exact) mass is 174 g/mol. The molecule has 5 heteroatoms. The quantitative estimate of drug-likeness (QED) is 0.540. The van der Waals surface area contributed by atoms with Crippen LogP contribution in [0.3, 0.4) is 0 Å². The molecule has 4 nitrogen and oxygen atoms in total. The molecule has 1 rings (SSSR count). The van der Waals surface area contributed by atoms with Crippen molar-refractivity contribution in [1.82, 2.24) is 5.32 Å². The number of carbonyl (C=O) groups excluding carboxylic acids is 2. The molecule has 0 aromatic heterocycles. The van der Waals surface area contributed by atoms with E-state index in [0.29, 0.717) is 12.2 Å². The van der Waals surface area contributed by atoms with E-state index in [9.17, 15) is 9.59 Å².